The smallest absolute Gasteiger partial charge is 0.219 e. The lowest BCUT2D eigenvalue weighted by molar-refractivity contribution is 0.0257. The van der Waals surface area contributed by atoms with Crippen LogP contribution in [0.3, 0.4) is 0 Å². The molecule has 2 bridgehead atoms. The summed E-state index contributed by atoms with van der Waals surface area (Å²) in [7, 11) is 0. The van der Waals surface area contributed by atoms with Crippen LogP contribution < -0.4 is 4.74 Å². The molecule has 3 unspecified atom stereocenters. The zero-order valence-corrected chi connectivity index (χ0v) is 13.9. The van der Waals surface area contributed by atoms with Crippen LogP contribution in [-0.2, 0) is 6.61 Å². The van der Waals surface area contributed by atoms with Gasteiger partial charge in [-0.2, -0.15) is 0 Å². The van der Waals surface area contributed by atoms with Crippen molar-refractivity contribution in [2.24, 2.45) is 16.7 Å². The van der Waals surface area contributed by atoms with Crippen molar-refractivity contribution in [2.45, 2.75) is 66.6 Å². The fraction of sp³-hybridized carbons (Fsp3) is 0.722. The Balaban J connectivity index is 1.92. The van der Waals surface area contributed by atoms with Gasteiger partial charge in [0.05, 0.1) is 6.61 Å². The lowest BCUT2D eigenvalue weighted by atomic mass is 9.70. The number of hydrogen-bond donors (Lipinski definition) is 1. The Hall–Kier alpha value is -1.09. The molecule has 3 atom stereocenters. The monoisotopic (exact) mass is 289 g/mol. The van der Waals surface area contributed by atoms with E-state index in [0.29, 0.717) is 11.3 Å². The summed E-state index contributed by atoms with van der Waals surface area (Å²) in [6, 6.07) is 2.00. The minimum absolute atomic E-state index is 0.00922. The van der Waals surface area contributed by atoms with Crippen LogP contribution in [0.1, 0.15) is 56.9 Å². The number of fused-ring (bicyclic) bond motifs is 2. The second-order valence-electron chi connectivity index (χ2n) is 7.74. The molecule has 21 heavy (non-hydrogen) atoms. The number of rotatable bonds is 3. The number of hydrogen-bond acceptors (Lipinski definition) is 3. The molecule has 2 saturated carbocycles. The highest BCUT2D eigenvalue weighted by molar-refractivity contribution is 5.35. The predicted octanol–water partition coefficient (Wildman–Crippen LogP) is 3.78. The third kappa shape index (κ3) is 2.01. The van der Waals surface area contributed by atoms with E-state index in [-0.39, 0.29) is 18.1 Å². The van der Waals surface area contributed by atoms with Gasteiger partial charge in [0, 0.05) is 16.7 Å². The van der Waals surface area contributed by atoms with E-state index in [4.69, 9.17) is 4.74 Å². The van der Waals surface area contributed by atoms with Crippen molar-refractivity contribution in [2.75, 3.05) is 0 Å². The van der Waals surface area contributed by atoms with Crippen LogP contribution in [0.15, 0.2) is 6.07 Å². The Kier molecular flexibility index (Phi) is 3.32. The number of aryl methyl sites for hydroxylation is 2. The van der Waals surface area contributed by atoms with Gasteiger partial charge in [-0.1, -0.05) is 20.8 Å². The maximum absolute atomic E-state index is 9.64. The summed E-state index contributed by atoms with van der Waals surface area (Å²) < 4.78 is 6.36. The van der Waals surface area contributed by atoms with Gasteiger partial charge in [0.1, 0.15) is 6.10 Å². The first-order valence-electron chi connectivity index (χ1n) is 8.04. The molecular weight excluding hydrogens is 262 g/mol. The van der Waals surface area contributed by atoms with Gasteiger partial charge in [-0.25, -0.2) is 4.98 Å². The molecule has 0 aliphatic heterocycles. The van der Waals surface area contributed by atoms with Crippen molar-refractivity contribution in [3.8, 4) is 5.88 Å². The number of ether oxygens (including phenoxy) is 1. The van der Waals surface area contributed by atoms with Gasteiger partial charge in [0.15, 0.2) is 0 Å². The zero-order valence-electron chi connectivity index (χ0n) is 13.9. The normalized spacial score (nSPS) is 33.4. The van der Waals surface area contributed by atoms with Crippen molar-refractivity contribution in [3.05, 3.63) is 22.9 Å². The molecule has 1 N–H and O–H groups in total. The molecule has 116 valence electrons. The summed E-state index contributed by atoms with van der Waals surface area (Å²) in [5.74, 6) is 1.39. The lowest BCUT2D eigenvalue weighted by Gasteiger charge is -2.38. The topological polar surface area (TPSA) is 42.4 Å². The Morgan fingerprint density at radius 3 is 2.57 bits per heavy atom. The van der Waals surface area contributed by atoms with Crippen LogP contribution in [-0.4, -0.2) is 16.2 Å². The summed E-state index contributed by atoms with van der Waals surface area (Å²) >= 11 is 0. The molecule has 1 aromatic rings. The highest BCUT2D eigenvalue weighted by Gasteiger charge is 2.62. The maximum atomic E-state index is 9.64. The number of aliphatic hydroxyl groups is 1. The van der Waals surface area contributed by atoms with Gasteiger partial charge in [-0.3, -0.25) is 0 Å². The Bertz CT molecular complexity index is 567. The van der Waals surface area contributed by atoms with E-state index >= 15 is 0 Å². The predicted molar refractivity (Wildman–Crippen MR) is 83.3 cm³/mol. The van der Waals surface area contributed by atoms with Crippen LogP contribution in [0.4, 0.5) is 0 Å². The highest BCUT2D eigenvalue weighted by atomic mass is 16.5. The lowest BCUT2D eigenvalue weighted by Crippen LogP contribution is -2.39. The van der Waals surface area contributed by atoms with Crippen LogP contribution >= 0.6 is 0 Å². The number of aliphatic hydroxyl groups excluding tert-OH is 1. The Morgan fingerprint density at radius 1 is 1.33 bits per heavy atom. The summed E-state index contributed by atoms with van der Waals surface area (Å²) in [5, 5.41) is 9.64. The zero-order chi connectivity index (χ0) is 15.4. The van der Waals surface area contributed by atoms with Crippen LogP contribution in [0.5, 0.6) is 5.88 Å². The van der Waals surface area contributed by atoms with Gasteiger partial charge in [0.2, 0.25) is 5.88 Å². The van der Waals surface area contributed by atoms with Crippen LogP contribution in [0.25, 0.3) is 0 Å². The van der Waals surface area contributed by atoms with Crippen molar-refractivity contribution in [1.82, 2.24) is 4.98 Å². The van der Waals surface area contributed by atoms with Crippen molar-refractivity contribution in [1.29, 1.82) is 0 Å². The van der Waals surface area contributed by atoms with Gasteiger partial charge < -0.3 is 9.84 Å². The van der Waals surface area contributed by atoms with Crippen molar-refractivity contribution in [3.63, 3.8) is 0 Å². The third-order valence-corrected chi connectivity index (χ3v) is 6.56. The molecule has 0 aromatic carbocycles. The first kappa shape index (κ1) is 14.8. The largest absolute Gasteiger partial charge is 0.473 e. The molecule has 3 rings (SSSR count). The molecule has 2 aliphatic carbocycles. The van der Waals surface area contributed by atoms with Gasteiger partial charge in [0.25, 0.3) is 0 Å². The van der Waals surface area contributed by atoms with Crippen molar-refractivity contribution < 1.29 is 9.84 Å². The fourth-order valence-electron chi connectivity index (χ4n) is 4.56. The minimum Gasteiger partial charge on any atom is -0.473 e. The first-order valence-corrected chi connectivity index (χ1v) is 8.04. The quantitative estimate of drug-likeness (QED) is 0.920. The van der Waals surface area contributed by atoms with E-state index < -0.39 is 0 Å². The van der Waals surface area contributed by atoms with Crippen LogP contribution in [0.2, 0.25) is 0 Å². The maximum Gasteiger partial charge on any atom is 0.219 e. The van der Waals surface area contributed by atoms with E-state index in [9.17, 15) is 5.11 Å². The highest BCUT2D eigenvalue weighted by Crippen LogP contribution is 2.66. The molecule has 0 amide bonds. The SMILES string of the molecule is Cc1cc(C)c(CO)c(OC2CC3CCC2(C)C3(C)C)n1. The second kappa shape index (κ2) is 4.70. The van der Waals surface area contributed by atoms with Gasteiger partial charge in [-0.05, 0) is 56.1 Å². The van der Waals surface area contributed by atoms with E-state index in [2.05, 4.69) is 25.8 Å². The summed E-state index contributed by atoms with van der Waals surface area (Å²) in [6.45, 7) is 11.1. The number of aromatic nitrogens is 1. The standard InChI is InChI=1S/C18H27NO2/c1-11-8-12(2)19-16(14(11)10-20)21-15-9-13-6-7-18(15,5)17(13,3)4/h8,13,15,20H,6-7,9-10H2,1-5H3. The summed E-state index contributed by atoms with van der Waals surface area (Å²) in [4.78, 5) is 4.55. The molecule has 0 spiro atoms. The average Bonchev–Trinajstić information content (AvgIpc) is 2.71. The van der Waals surface area contributed by atoms with E-state index in [1.54, 1.807) is 0 Å². The van der Waals surface area contributed by atoms with E-state index in [1.807, 2.05) is 19.9 Å². The van der Waals surface area contributed by atoms with E-state index in [0.717, 1.165) is 29.2 Å². The van der Waals surface area contributed by atoms with Gasteiger partial charge >= 0.3 is 0 Å². The molecule has 2 fully saturated rings. The molecule has 3 nitrogen and oxygen atoms in total. The fourth-order valence-corrected chi connectivity index (χ4v) is 4.56. The summed E-state index contributed by atoms with van der Waals surface area (Å²) in [6.07, 6.45) is 3.87. The Morgan fingerprint density at radius 2 is 2.05 bits per heavy atom. The molecular formula is C18H27NO2. The molecule has 0 radical (unpaired) electrons. The summed E-state index contributed by atoms with van der Waals surface area (Å²) in [5.41, 5.74) is 3.39. The van der Waals surface area contributed by atoms with Crippen molar-refractivity contribution >= 4 is 0 Å². The first-order chi connectivity index (χ1) is 9.79. The molecule has 0 saturated heterocycles. The van der Waals surface area contributed by atoms with Gasteiger partial charge in [-0.15, -0.1) is 0 Å². The average molecular weight is 289 g/mol. The minimum atomic E-state index is -0.00922. The van der Waals surface area contributed by atoms with Crippen LogP contribution in [0, 0.1) is 30.6 Å². The number of pyridine rings is 1. The third-order valence-electron chi connectivity index (χ3n) is 6.56. The number of nitrogens with zero attached hydrogens (tertiary/aromatic N) is 1. The Labute approximate surface area is 127 Å². The second-order valence-corrected chi connectivity index (χ2v) is 7.74. The van der Waals surface area contributed by atoms with E-state index in [1.165, 1.54) is 12.8 Å². The molecule has 1 heterocycles. The molecule has 1 aromatic heterocycles. The molecule has 2 aliphatic rings. The molecule has 3 heteroatoms.